The molecule has 19 heavy (non-hydrogen) atoms. The van der Waals surface area contributed by atoms with Crippen LogP contribution in [0.3, 0.4) is 0 Å². The topological polar surface area (TPSA) is 65.3 Å². The molecule has 98 valence electrons. The van der Waals surface area contributed by atoms with Crippen LogP contribution < -0.4 is 4.74 Å². The van der Waals surface area contributed by atoms with Crippen molar-refractivity contribution in [3.8, 4) is 5.75 Å². The lowest BCUT2D eigenvalue weighted by Gasteiger charge is -2.14. The van der Waals surface area contributed by atoms with Crippen LogP contribution in [-0.2, 0) is 0 Å². The maximum Gasteiger partial charge on any atom is 0.406 e. The number of nitrogens with zero attached hydrogens (tertiary/aromatic N) is 2. The minimum atomic E-state index is -0.604. The quantitative estimate of drug-likeness (QED) is 0.626. The first-order chi connectivity index (χ1) is 9.08. The highest BCUT2D eigenvalue weighted by Gasteiger charge is 2.18. The Balaban J connectivity index is 2.21. The Labute approximate surface area is 108 Å². The Kier molecular flexibility index (Phi) is 3.70. The summed E-state index contributed by atoms with van der Waals surface area (Å²) < 4.78 is 18.3. The van der Waals surface area contributed by atoms with Gasteiger partial charge in [0.15, 0.2) is 0 Å². The molecule has 5 nitrogen and oxygen atoms in total. The van der Waals surface area contributed by atoms with Crippen molar-refractivity contribution in [1.82, 2.24) is 4.98 Å². The van der Waals surface area contributed by atoms with Gasteiger partial charge in [-0.2, -0.15) is 0 Å². The molecule has 0 spiro atoms. The normalized spacial score (nSPS) is 11.9. The largest absolute Gasteiger partial charge is 0.478 e. The van der Waals surface area contributed by atoms with E-state index < -0.39 is 11.0 Å². The highest BCUT2D eigenvalue weighted by molar-refractivity contribution is 5.39. The van der Waals surface area contributed by atoms with Crippen molar-refractivity contribution >= 4 is 5.82 Å². The van der Waals surface area contributed by atoms with E-state index in [1.165, 1.54) is 24.4 Å². The third-order valence-electron chi connectivity index (χ3n) is 2.57. The molecule has 0 aliphatic heterocycles. The number of ether oxygens (including phenoxy) is 1. The third-order valence-corrected chi connectivity index (χ3v) is 2.57. The summed E-state index contributed by atoms with van der Waals surface area (Å²) in [6, 6.07) is 8.80. The molecule has 0 saturated carbocycles. The number of pyridine rings is 1. The molecule has 1 aromatic carbocycles. The molecule has 1 atom stereocenters. The van der Waals surface area contributed by atoms with Crippen molar-refractivity contribution in [1.29, 1.82) is 0 Å². The summed E-state index contributed by atoms with van der Waals surface area (Å²) in [5, 5.41) is 10.8. The van der Waals surface area contributed by atoms with Crippen molar-refractivity contribution in [2.24, 2.45) is 0 Å². The zero-order chi connectivity index (χ0) is 13.8. The predicted octanol–water partition coefficient (Wildman–Crippen LogP) is 3.27. The van der Waals surface area contributed by atoms with E-state index in [9.17, 15) is 14.5 Å². The van der Waals surface area contributed by atoms with Gasteiger partial charge >= 0.3 is 5.82 Å². The molecule has 0 unspecified atom stereocenters. The molecule has 0 N–H and O–H groups in total. The van der Waals surface area contributed by atoms with Gasteiger partial charge in [-0.05, 0) is 46.7 Å². The summed E-state index contributed by atoms with van der Waals surface area (Å²) in [5.41, 5.74) is 0.722. The van der Waals surface area contributed by atoms with Gasteiger partial charge in [-0.15, -0.1) is 0 Å². The minimum absolute atomic E-state index is 0.0873. The number of halogens is 1. The molecule has 0 bridgehead atoms. The lowest BCUT2D eigenvalue weighted by Crippen LogP contribution is -2.05. The highest BCUT2D eigenvalue weighted by atomic mass is 19.1. The number of rotatable bonds is 4. The fourth-order valence-electron chi connectivity index (χ4n) is 1.60. The van der Waals surface area contributed by atoms with Crippen LogP contribution in [0.2, 0.25) is 0 Å². The van der Waals surface area contributed by atoms with Crippen molar-refractivity contribution in [3.05, 3.63) is 64.1 Å². The van der Waals surface area contributed by atoms with Gasteiger partial charge in [-0.3, -0.25) is 0 Å². The van der Waals surface area contributed by atoms with Crippen molar-refractivity contribution in [2.75, 3.05) is 0 Å². The predicted molar refractivity (Wildman–Crippen MR) is 66.3 cm³/mol. The molecule has 0 amide bonds. The Hall–Kier alpha value is -2.50. The Morgan fingerprint density at radius 3 is 2.63 bits per heavy atom. The molecule has 1 heterocycles. The fourth-order valence-corrected chi connectivity index (χ4v) is 1.60. The van der Waals surface area contributed by atoms with Gasteiger partial charge in [0.05, 0.1) is 0 Å². The molecule has 0 aliphatic carbocycles. The number of benzene rings is 1. The molecule has 0 radical (unpaired) electrons. The average molecular weight is 262 g/mol. The van der Waals surface area contributed by atoms with Crippen LogP contribution in [0.15, 0.2) is 42.6 Å². The molecule has 0 saturated heterocycles. The molecular formula is C13H11FN2O3. The number of aromatic nitrogens is 1. The highest BCUT2D eigenvalue weighted by Crippen LogP contribution is 2.28. The van der Waals surface area contributed by atoms with E-state index in [0.717, 1.165) is 5.56 Å². The van der Waals surface area contributed by atoms with Crippen LogP contribution in [-0.4, -0.2) is 9.91 Å². The fraction of sp³-hybridized carbons (Fsp3) is 0.154. The van der Waals surface area contributed by atoms with Gasteiger partial charge in [-0.1, -0.05) is 12.1 Å². The summed E-state index contributed by atoms with van der Waals surface area (Å²) in [6.45, 7) is 1.73. The maximum absolute atomic E-state index is 12.8. The Bertz CT molecular complexity index is 587. The van der Waals surface area contributed by atoms with Crippen LogP contribution in [0.25, 0.3) is 0 Å². The second-order valence-electron chi connectivity index (χ2n) is 3.89. The molecule has 2 aromatic rings. The minimum Gasteiger partial charge on any atom is -0.478 e. The lowest BCUT2D eigenvalue weighted by atomic mass is 10.1. The van der Waals surface area contributed by atoms with Crippen LogP contribution in [0.5, 0.6) is 5.75 Å². The van der Waals surface area contributed by atoms with E-state index in [1.54, 1.807) is 25.1 Å². The van der Waals surface area contributed by atoms with Gasteiger partial charge in [0.25, 0.3) is 0 Å². The van der Waals surface area contributed by atoms with Gasteiger partial charge in [0.1, 0.15) is 18.1 Å². The van der Waals surface area contributed by atoms with Crippen molar-refractivity contribution < 1.29 is 14.1 Å². The van der Waals surface area contributed by atoms with Crippen LogP contribution in [0.4, 0.5) is 10.2 Å². The zero-order valence-electron chi connectivity index (χ0n) is 10.1. The first kappa shape index (κ1) is 12.9. The van der Waals surface area contributed by atoms with E-state index in [4.69, 9.17) is 4.74 Å². The van der Waals surface area contributed by atoms with Crippen molar-refractivity contribution in [3.63, 3.8) is 0 Å². The number of hydrogen-bond donors (Lipinski definition) is 0. The van der Waals surface area contributed by atoms with Crippen LogP contribution in [0.1, 0.15) is 18.6 Å². The summed E-state index contributed by atoms with van der Waals surface area (Å²) in [6.07, 6.45) is 0.886. The summed E-state index contributed by atoms with van der Waals surface area (Å²) in [5.74, 6) is -0.593. The van der Waals surface area contributed by atoms with E-state index in [2.05, 4.69) is 4.98 Å². The van der Waals surface area contributed by atoms with E-state index in [1.807, 2.05) is 0 Å². The van der Waals surface area contributed by atoms with Crippen LogP contribution >= 0.6 is 0 Å². The van der Waals surface area contributed by atoms with Gasteiger partial charge in [0.2, 0.25) is 5.75 Å². The van der Waals surface area contributed by atoms with E-state index in [0.29, 0.717) is 0 Å². The van der Waals surface area contributed by atoms with E-state index >= 15 is 0 Å². The lowest BCUT2D eigenvalue weighted by molar-refractivity contribution is -0.390. The smallest absolute Gasteiger partial charge is 0.406 e. The van der Waals surface area contributed by atoms with Gasteiger partial charge in [-0.25, -0.2) is 4.39 Å². The first-order valence-corrected chi connectivity index (χ1v) is 5.59. The van der Waals surface area contributed by atoms with Gasteiger partial charge < -0.3 is 14.9 Å². The average Bonchev–Trinajstić information content (AvgIpc) is 2.39. The molecule has 6 heteroatoms. The van der Waals surface area contributed by atoms with Gasteiger partial charge in [0, 0.05) is 0 Å². The van der Waals surface area contributed by atoms with E-state index in [-0.39, 0.29) is 17.4 Å². The molecule has 0 aliphatic rings. The maximum atomic E-state index is 12.8. The monoisotopic (exact) mass is 262 g/mol. The zero-order valence-corrected chi connectivity index (χ0v) is 10.1. The second kappa shape index (κ2) is 5.43. The number of nitro groups is 1. The molecule has 2 rings (SSSR count). The summed E-state index contributed by atoms with van der Waals surface area (Å²) in [4.78, 5) is 13.8. The Morgan fingerprint density at radius 1 is 1.32 bits per heavy atom. The summed E-state index contributed by atoms with van der Waals surface area (Å²) in [7, 11) is 0. The second-order valence-corrected chi connectivity index (χ2v) is 3.89. The van der Waals surface area contributed by atoms with Crippen molar-refractivity contribution in [2.45, 2.75) is 13.0 Å². The third kappa shape index (κ3) is 3.04. The molecular weight excluding hydrogens is 251 g/mol. The first-order valence-electron chi connectivity index (χ1n) is 5.59. The molecule has 1 aromatic heterocycles. The number of hydrogen-bond acceptors (Lipinski definition) is 4. The SMILES string of the molecule is C[C@H](Oc1cccnc1[N+](=O)[O-])c1ccc(F)cc1. The molecule has 0 fully saturated rings. The standard InChI is InChI=1S/C13H11FN2O3/c1-9(10-4-6-11(14)7-5-10)19-12-3-2-8-15-13(12)16(17)18/h2-9H,1H3/t9-/m0/s1. The summed E-state index contributed by atoms with van der Waals surface area (Å²) >= 11 is 0. The Morgan fingerprint density at radius 2 is 2.00 bits per heavy atom. The van der Waals surface area contributed by atoms with Crippen LogP contribution in [0, 0.1) is 15.9 Å².